The van der Waals surface area contributed by atoms with Crippen LogP contribution in [0.15, 0.2) is 58.3 Å². The van der Waals surface area contributed by atoms with E-state index in [4.69, 9.17) is 4.84 Å². The second-order valence-corrected chi connectivity index (χ2v) is 8.21. The van der Waals surface area contributed by atoms with Gasteiger partial charge >= 0.3 is 5.69 Å². The van der Waals surface area contributed by atoms with Gasteiger partial charge in [-0.3, -0.25) is 23.6 Å². The number of aromatic nitrogens is 3. The molecule has 170 valence electrons. The summed E-state index contributed by atoms with van der Waals surface area (Å²) in [6.07, 6.45) is 0.890. The lowest BCUT2D eigenvalue weighted by atomic mass is 10.0. The predicted molar refractivity (Wildman–Crippen MR) is 123 cm³/mol. The molecular formula is C24H24N4O5. The van der Waals surface area contributed by atoms with Crippen molar-refractivity contribution in [3.05, 3.63) is 80.8 Å². The van der Waals surface area contributed by atoms with E-state index in [9.17, 15) is 19.5 Å². The van der Waals surface area contributed by atoms with E-state index in [2.05, 4.69) is 0 Å². The van der Waals surface area contributed by atoms with Crippen molar-refractivity contribution in [3.63, 3.8) is 0 Å². The largest absolute Gasteiger partial charge is 0.389 e. The van der Waals surface area contributed by atoms with E-state index in [0.29, 0.717) is 18.6 Å². The maximum Gasteiger partial charge on any atom is 0.331 e. The predicted octanol–water partition coefficient (Wildman–Crippen LogP) is 1.47. The van der Waals surface area contributed by atoms with Crippen molar-refractivity contribution >= 4 is 27.6 Å². The van der Waals surface area contributed by atoms with Crippen LogP contribution in [0.25, 0.3) is 21.7 Å². The summed E-state index contributed by atoms with van der Waals surface area (Å²) in [5, 5.41) is 13.2. The van der Waals surface area contributed by atoms with Gasteiger partial charge in [0.15, 0.2) is 0 Å². The van der Waals surface area contributed by atoms with E-state index < -0.39 is 23.3 Å². The molecule has 2 aromatic heterocycles. The number of β-amino-alcohol motifs (C(OH)–C–C–N with tert-alkyl or cyclic N) is 1. The van der Waals surface area contributed by atoms with Crippen LogP contribution in [0.2, 0.25) is 0 Å². The van der Waals surface area contributed by atoms with Crippen LogP contribution in [0, 0.1) is 0 Å². The minimum atomic E-state index is -0.793. The van der Waals surface area contributed by atoms with E-state index >= 15 is 0 Å². The van der Waals surface area contributed by atoms with E-state index in [1.165, 1.54) is 11.6 Å². The highest BCUT2D eigenvalue weighted by Crippen LogP contribution is 2.25. The molecule has 2 aromatic carbocycles. The van der Waals surface area contributed by atoms with Gasteiger partial charge in [0.25, 0.3) is 11.5 Å². The van der Waals surface area contributed by atoms with E-state index in [1.54, 1.807) is 10.8 Å². The van der Waals surface area contributed by atoms with E-state index in [-0.39, 0.29) is 24.2 Å². The standard InChI is InChI=1S/C24H24N4O5/c1-3-27-19-13-26(11-16-9-6-8-15-7-4-5-10-18(15)16)21(20(19)22(30)25(2)24(27)32)23(31)28-12-17(29)14-33-28/h4-10,13,17,29H,3,11-12,14H2,1-2H3/t17-/m0/s1. The number of aliphatic hydroxyl groups excluding tert-OH is 1. The molecule has 0 unspecified atom stereocenters. The van der Waals surface area contributed by atoms with Crippen LogP contribution < -0.4 is 11.2 Å². The normalized spacial score (nSPS) is 16.2. The van der Waals surface area contributed by atoms with Crippen molar-refractivity contribution in [3.8, 4) is 0 Å². The molecule has 1 N–H and O–H groups in total. The minimum absolute atomic E-state index is 0.00534. The molecule has 9 nitrogen and oxygen atoms in total. The van der Waals surface area contributed by atoms with Crippen LogP contribution in [-0.2, 0) is 25.0 Å². The monoisotopic (exact) mass is 448 g/mol. The average molecular weight is 448 g/mol. The van der Waals surface area contributed by atoms with E-state index in [1.807, 2.05) is 49.4 Å². The van der Waals surface area contributed by atoms with Crippen molar-refractivity contribution in [2.45, 2.75) is 26.1 Å². The Hall–Kier alpha value is -3.69. The van der Waals surface area contributed by atoms with Crippen LogP contribution in [0.3, 0.4) is 0 Å². The number of benzene rings is 2. The molecular weight excluding hydrogens is 424 g/mol. The lowest BCUT2D eigenvalue weighted by molar-refractivity contribution is -0.0784. The van der Waals surface area contributed by atoms with Crippen molar-refractivity contribution in [2.24, 2.45) is 7.05 Å². The molecule has 0 bridgehead atoms. The van der Waals surface area contributed by atoms with Gasteiger partial charge in [-0.1, -0.05) is 42.5 Å². The third-order valence-electron chi connectivity index (χ3n) is 6.15. The Morgan fingerprint density at radius 3 is 2.64 bits per heavy atom. The first-order chi connectivity index (χ1) is 15.9. The lowest BCUT2D eigenvalue weighted by Gasteiger charge is -2.17. The zero-order valence-electron chi connectivity index (χ0n) is 18.4. The smallest absolute Gasteiger partial charge is 0.331 e. The molecule has 0 aliphatic carbocycles. The number of hydrogen-bond donors (Lipinski definition) is 1. The quantitative estimate of drug-likeness (QED) is 0.510. The first kappa shape index (κ1) is 21.2. The fourth-order valence-corrected chi connectivity index (χ4v) is 4.50. The Kier molecular flexibility index (Phi) is 5.15. The molecule has 1 fully saturated rings. The zero-order valence-corrected chi connectivity index (χ0v) is 18.4. The Balaban J connectivity index is 1.77. The number of hydroxylamine groups is 2. The number of nitrogens with zero attached hydrogens (tertiary/aromatic N) is 4. The van der Waals surface area contributed by atoms with Crippen LogP contribution in [0.4, 0.5) is 0 Å². The summed E-state index contributed by atoms with van der Waals surface area (Å²) in [6.45, 7) is 2.48. The molecule has 3 heterocycles. The Morgan fingerprint density at radius 2 is 1.91 bits per heavy atom. The molecule has 5 rings (SSSR count). The molecule has 1 aliphatic heterocycles. The van der Waals surface area contributed by atoms with Gasteiger partial charge in [0, 0.05) is 26.3 Å². The fraction of sp³-hybridized carbons (Fsp3) is 0.292. The number of carbonyl (C=O) groups is 1. The Labute approximate surface area is 188 Å². The Bertz CT molecular complexity index is 1510. The summed E-state index contributed by atoms with van der Waals surface area (Å²) in [6, 6.07) is 13.9. The second kappa shape index (κ2) is 8.02. The van der Waals surface area contributed by atoms with Crippen molar-refractivity contribution in [1.29, 1.82) is 0 Å². The Morgan fingerprint density at radius 1 is 1.15 bits per heavy atom. The maximum absolute atomic E-state index is 13.5. The van der Waals surface area contributed by atoms with Gasteiger partial charge in [0.1, 0.15) is 18.4 Å². The molecule has 1 atom stereocenters. The van der Waals surface area contributed by atoms with Crippen molar-refractivity contribution in [2.75, 3.05) is 13.2 Å². The summed E-state index contributed by atoms with van der Waals surface area (Å²) in [7, 11) is 1.41. The summed E-state index contributed by atoms with van der Waals surface area (Å²) in [4.78, 5) is 44.8. The van der Waals surface area contributed by atoms with Crippen LogP contribution in [0.5, 0.6) is 0 Å². The highest BCUT2D eigenvalue weighted by molar-refractivity contribution is 6.05. The number of fused-ring (bicyclic) bond motifs is 2. The molecule has 1 aliphatic rings. The molecule has 33 heavy (non-hydrogen) atoms. The van der Waals surface area contributed by atoms with Gasteiger partial charge in [-0.05, 0) is 23.3 Å². The number of amides is 1. The number of aliphatic hydroxyl groups is 1. The third-order valence-corrected chi connectivity index (χ3v) is 6.15. The molecule has 1 amide bonds. The topological polar surface area (TPSA) is 98.7 Å². The summed E-state index contributed by atoms with van der Waals surface area (Å²) >= 11 is 0. The van der Waals surface area contributed by atoms with Crippen LogP contribution >= 0.6 is 0 Å². The molecule has 0 spiro atoms. The van der Waals surface area contributed by atoms with Gasteiger partial charge < -0.3 is 9.67 Å². The first-order valence-corrected chi connectivity index (χ1v) is 10.8. The maximum atomic E-state index is 13.5. The molecule has 0 saturated carbocycles. The fourth-order valence-electron chi connectivity index (χ4n) is 4.50. The molecule has 1 saturated heterocycles. The van der Waals surface area contributed by atoms with Crippen LogP contribution in [0.1, 0.15) is 23.0 Å². The number of aryl methyl sites for hydroxylation is 1. The average Bonchev–Trinajstić information content (AvgIpc) is 3.42. The van der Waals surface area contributed by atoms with Gasteiger partial charge in [-0.25, -0.2) is 9.86 Å². The van der Waals surface area contributed by atoms with Crippen LogP contribution in [-0.4, -0.2) is 49.0 Å². The summed E-state index contributed by atoms with van der Waals surface area (Å²) in [5.41, 5.74) is 0.513. The summed E-state index contributed by atoms with van der Waals surface area (Å²) in [5.74, 6) is -0.528. The van der Waals surface area contributed by atoms with Gasteiger partial charge in [-0.15, -0.1) is 0 Å². The SMILES string of the molecule is CCn1c(=O)n(C)c(=O)c2c(C(=O)N3C[C@H](O)CO3)n(Cc3cccc4ccccc34)cc21. The highest BCUT2D eigenvalue weighted by Gasteiger charge is 2.32. The zero-order chi connectivity index (χ0) is 23.3. The van der Waals surface area contributed by atoms with Gasteiger partial charge in [0.2, 0.25) is 0 Å². The minimum Gasteiger partial charge on any atom is -0.389 e. The van der Waals surface area contributed by atoms with Crippen molar-refractivity contribution in [1.82, 2.24) is 18.8 Å². The number of hydrogen-bond acceptors (Lipinski definition) is 5. The number of rotatable bonds is 4. The van der Waals surface area contributed by atoms with Gasteiger partial charge in [0.05, 0.1) is 17.4 Å². The van der Waals surface area contributed by atoms with Gasteiger partial charge in [-0.2, -0.15) is 0 Å². The molecule has 0 radical (unpaired) electrons. The van der Waals surface area contributed by atoms with Crippen molar-refractivity contribution < 1.29 is 14.7 Å². The first-order valence-electron chi connectivity index (χ1n) is 10.8. The second-order valence-electron chi connectivity index (χ2n) is 8.21. The third kappa shape index (κ3) is 3.37. The molecule has 9 heteroatoms. The lowest BCUT2D eigenvalue weighted by Crippen LogP contribution is -2.38. The number of carbonyl (C=O) groups excluding carboxylic acids is 1. The van der Waals surface area contributed by atoms with E-state index in [0.717, 1.165) is 26.0 Å². The molecule has 4 aromatic rings. The summed E-state index contributed by atoms with van der Waals surface area (Å²) < 4.78 is 4.20. The highest BCUT2D eigenvalue weighted by atomic mass is 16.7.